The highest BCUT2D eigenvalue weighted by Gasteiger charge is 2.36. The summed E-state index contributed by atoms with van der Waals surface area (Å²) in [4.78, 5) is 41.3. The smallest absolute Gasteiger partial charge is 0.251 e. The van der Waals surface area contributed by atoms with E-state index in [1.165, 1.54) is 11.2 Å². The zero-order valence-corrected chi connectivity index (χ0v) is 20.9. The summed E-state index contributed by atoms with van der Waals surface area (Å²) in [6.07, 6.45) is 5.26. The second-order valence-corrected chi connectivity index (χ2v) is 9.39. The average Bonchev–Trinajstić information content (AvgIpc) is 3.59. The molecule has 1 saturated carbocycles. The molecule has 0 unspecified atom stereocenters. The summed E-state index contributed by atoms with van der Waals surface area (Å²) < 4.78 is 10.6. The van der Waals surface area contributed by atoms with Crippen LogP contribution in [0.1, 0.15) is 67.2 Å². The van der Waals surface area contributed by atoms with Gasteiger partial charge in [-0.15, -0.1) is 0 Å². The molecule has 36 heavy (non-hydrogen) atoms. The first kappa shape index (κ1) is 25.2. The Hall–Kier alpha value is -3.88. The molecule has 1 atom stereocenters. The van der Waals surface area contributed by atoms with Gasteiger partial charge in [-0.05, 0) is 69.0 Å². The van der Waals surface area contributed by atoms with Crippen molar-refractivity contribution in [3.63, 3.8) is 0 Å². The molecule has 0 aliphatic heterocycles. The Balaban J connectivity index is 1.61. The molecule has 2 heterocycles. The van der Waals surface area contributed by atoms with Gasteiger partial charge in [0, 0.05) is 30.6 Å². The minimum absolute atomic E-state index is 0.0721. The number of aromatic nitrogens is 1. The maximum atomic E-state index is 13.7. The molecule has 0 saturated heterocycles. The Kier molecular flexibility index (Phi) is 7.87. The number of furan rings is 1. The number of anilines is 2. The van der Waals surface area contributed by atoms with E-state index in [0.29, 0.717) is 23.0 Å². The lowest BCUT2D eigenvalue weighted by atomic mass is 10.0. The van der Waals surface area contributed by atoms with Gasteiger partial charge in [0.05, 0.1) is 6.26 Å². The number of nitrogens with zero attached hydrogens (tertiary/aromatic N) is 2. The fourth-order valence-electron chi connectivity index (χ4n) is 4.67. The summed E-state index contributed by atoms with van der Waals surface area (Å²) in [5.74, 6) is 0.182. The van der Waals surface area contributed by atoms with Crippen molar-refractivity contribution in [1.29, 1.82) is 0 Å². The van der Waals surface area contributed by atoms with Crippen LogP contribution in [0.25, 0.3) is 0 Å². The van der Waals surface area contributed by atoms with Crippen molar-refractivity contribution in [2.45, 2.75) is 71.4 Å². The Morgan fingerprint density at radius 3 is 2.39 bits per heavy atom. The van der Waals surface area contributed by atoms with E-state index in [0.717, 1.165) is 36.8 Å². The van der Waals surface area contributed by atoms with E-state index in [1.54, 1.807) is 25.1 Å². The van der Waals surface area contributed by atoms with Crippen molar-refractivity contribution in [3.05, 3.63) is 65.3 Å². The molecule has 0 radical (unpaired) electrons. The largest absolute Gasteiger partial charge is 0.467 e. The van der Waals surface area contributed by atoms with Crippen molar-refractivity contribution in [3.8, 4) is 0 Å². The van der Waals surface area contributed by atoms with Crippen LogP contribution in [0.3, 0.4) is 0 Å². The molecule has 1 aromatic carbocycles. The number of rotatable bonds is 9. The fraction of sp³-hybridized carbons (Fsp3) is 0.407. The van der Waals surface area contributed by atoms with Crippen LogP contribution in [-0.4, -0.2) is 28.9 Å². The van der Waals surface area contributed by atoms with Crippen molar-refractivity contribution in [2.75, 3.05) is 10.2 Å². The van der Waals surface area contributed by atoms with Crippen molar-refractivity contribution in [1.82, 2.24) is 10.5 Å². The Morgan fingerprint density at radius 1 is 1.06 bits per heavy atom. The monoisotopic (exact) mass is 492 g/mol. The average molecular weight is 493 g/mol. The molecule has 1 aliphatic carbocycles. The van der Waals surface area contributed by atoms with Gasteiger partial charge in [-0.2, -0.15) is 0 Å². The van der Waals surface area contributed by atoms with E-state index in [1.807, 2.05) is 32.0 Å². The SMILES string of the molecule is Cc1cc(C)cc(N(C(=O)CCC(=O)Nc2cc(C)on2)[C@@H](C(=O)NC2CCCC2)c2ccco2)c1. The minimum Gasteiger partial charge on any atom is -0.467 e. The third-order valence-corrected chi connectivity index (χ3v) is 6.24. The van der Waals surface area contributed by atoms with E-state index in [9.17, 15) is 14.4 Å². The van der Waals surface area contributed by atoms with Crippen LogP contribution in [-0.2, 0) is 14.4 Å². The Labute approximate surface area is 210 Å². The minimum atomic E-state index is -1.00. The fourth-order valence-corrected chi connectivity index (χ4v) is 4.67. The normalized spacial score (nSPS) is 14.4. The van der Waals surface area contributed by atoms with Gasteiger partial charge >= 0.3 is 0 Å². The molecule has 3 amide bonds. The zero-order valence-electron chi connectivity index (χ0n) is 20.9. The number of aryl methyl sites for hydroxylation is 3. The first-order valence-electron chi connectivity index (χ1n) is 12.3. The maximum absolute atomic E-state index is 13.7. The van der Waals surface area contributed by atoms with Gasteiger partial charge in [-0.25, -0.2) is 0 Å². The Bertz CT molecular complexity index is 1190. The van der Waals surface area contributed by atoms with Crippen LogP contribution in [0.2, 0.25) is 0 Å². The lowest BCUT2D eigenvalue weighted by Crippen LogP contribution is -2.46. The van der Waals surface area contributed by atoms with Gasteiger partial charge in [0.2, 0.25) is 11.8 Å². The number of benzene rings is 1. The Morgan fingerprint density at radius 2 is 1.78 bits per heavy atom. The molecule has 1 aliphatic rings. The lowest BCUT2D eigenvalue weighted by molar-refractivity contribution is -0.128. The summed E-state index contributed by atoms with van der Waals surface area (Å²) >= 11 is 0. The van der Waals surface area contributed by atoms with Crippen molar-refractivity contribution >= 4 is 29.2 Å². The number of amides is 3. The van der Waals surface area contributed by atoms with Crippen LogP contribution in [0, 0.1) is 20.8 Å². The summed E-state index contributed by atoms with van der Waals surface area (Å²) in [6, 6.07) is 9.79. The summed E-state index contributed by atoms with van der Waals surface area (Å²) in [7, 11) is 0. The molecule has 0 bridgehead atoms. The maximum Gasteiger partial charge on any atom is 0.251 e. The van der Waals surface area contributed by atoms with Gasteiger partial charge in [0.15, 0.2) is 11.9 Å². The predicted octanol–water partition coefficient (Wildman–Crippen LogP) is 4.74. The molecule has 4 rings (SSSR count). The summed E-state index contributed by atoms with van der Waals surface area (Å²) in [5.41, 5.74) is 2.49. The molecule has 2 N–H and O–H groups in total. The van der Waals surface area contributed by atoms with Crippen LogP contribution >= 0.6 is 0 Å². The van der Waals surface area contributed by atoms with Gasteiger partial charge in [-0.3, -0.25) is 19.3 Å². The third kappa shape index (κ3) is 6.21. The quantitative estimate of drug-likeness (QED) is 0.445. The van der Waals surface area contributed by atoms with Gasteiger partial charge < -0.3 is 19.6 Å². The van der Waals surface area contributed by atoms with Gasteiger partial charge in [0.25, 0.3) is 5.91 Å². The second-order valence-electron chi connectivity index (χ2n) is 9.39. The topological polar surface area (TPSA) is 118 Å². The summed E-state index contributed by atoms with van der Waals surface area (Å²) in [6.45, 7) is 5.60. The number of nitrogens with one attached hydrogen (secondary N) is 2. The number of carbonyl (C=O) groups is 3. The third-order valence-electron chi connectivity index (χ3n) is 6.24. The molecule has 9 heteroatoms. The van der Waals surface area contributed by atoms with E-state index in [4.69, 9.17) is 8.94 Å². The van der Waals surface area contributed by atoms with E-state index >= 15 is 0 Å². The number of hydrogen-bond donors (Lipinski definition) is 2. The van der Waals surface area contributed by atoms with Gasteiger partial charge in [-0.1, -0.05) is 24.1 Å². The molecule has 2 aromatic heterocycles. The predicted molar refractivity (Wildman–Crippen MR) is 134 cm³/mol. The van der Waals surface area contributed by atoms with Crippen LogP contribution in [0.4, 0.5) is 11.5 Å². The second kappa shape index (κ2) is 11.2. The molecule has 3 aromatic rings. The van der Waals surface area contributed by atoms with E-state index in [2.05, 4.69) is 15.8 Å². The van der Waals surface area contributed by atoms with Crippen LogP contribution in [0.15, 0.2) is 51.6 Å². The van der Waals surface area contributed by atoms with Crippen molar-refractivity contribution in [2.24, 2.45) is 0 Å². The molecule has 9 nitrogen and oxygen atoms in total. The van der Waals surface area contributed by atoms with E-state index in [-0.39, 0.29) is 36.6 Å². The van der Waals surface area contributed by atoms with Gasteiger partial charge in [0.1, 0.15) is 11.5 Å². The molecule has 0 spiro atoms. The first-order chi connectivity index (χ1) is 17.3. The highest BCUT2D eigenvalue weighted by Crippen LogP contribution is 2.31. The lowest BCUT2D eigenvalue weighted by Gasteiger charge is -2.31. The highest BCUT2D eigenvalue weighted by molar-refractivity contribution is 6.03. The van der Waals surface area contributed by atoms with Crippen LogP contribution in [0.5, 0.6) is 0 Å². The highest BCUT2D eigenvalue weighted by atomic mass is 16.5. The zero-order chi connectivity index (χ0) is 25.7. The standard InChI is InChI=1S/C27H32N4O5/c1-17-13-18(2)15-21(14-17)31(25(33)11-10-24(32)29-23-16-19(3)36-30-23)26(22-9-6-12-35-22)27(34)28-20-7-4-5-8-20/h6,9,12-16,20,26H,4-5,7-8,10-11H2,1-3H3,(H,28,34)(H,29,30,32)/t26-/m1/s1. The van der Waals surface area contributed by atoms with E-state index < -0.39 is 6.04 Å². The number of hydrogen-bond acceptors (Lipinski definition) is 6. The molecular weight excluding hydrogens is 460 g/mol. The number of carbonyl (C=O) groups excluding carboxylic acids is 3. The molecular formula is C27H32N4O5. The molecule has 1 fully saturated rings. The summed E-state index contributed by atoms with van der Waals surface area (Å²) in [5, 5.41) is 9.49. The van der Waals surface area contributed by atoms with Crippen LogP contribution < -0.4 is 15.5 Å². The molecule has 190 valence electrons. The van der Waals surface area contributed by atoms with Crippen molar-refractivity contribution < 1.29 is 23.3 Å². The first-order valence-corrected chi connectivity index (χ1v) is 12.3.